The van der Waals surface area contributed by atoms with E-state index in [4.69, 9.17) is 4.98 Å². The summed E-state index contributed by atoms with van der Waals surface area (Å²) in [7, 11) is 0. The van der Waals surface area contributed by atoms with Crippen LogP contribution in [0.2, 0.25) is 0 Å². The minimum atomic E-state index is 0.884. The fourth-order valence-electron chi connectivity index (χ4n) is 6.42. The molecule has 0 atom stereocenters. The van der Waals surface area contributed by atoms with Crippen molar-refractivity contribution in [3.8, 4) is 33.4 Å². The Morgan fingerprint density at radius 1 is 0.561 bits per heavy atom. The summed E-state index contributed by atoms with van der Waals surface area (Å²) in [6, 6.07) is 41.1. The molecular weight excluding hydrogens is 498 g/mol. The fraction of sp³-hybridized carbons (Fsp3) is 0.0526. The number of allylic oxidation sites excluding steroid dienone is 1. The predicted octanol–water partition coefficient (Wildman–Crippen LogP) is 9.64. The van der Waals surface area contributed by atoms with Gasteiger partial charge >= 0.3 is 0 Å². The Morgan fingerprint density at radius 2 is 1.39 bits per heavy atom. The van der Waals surface area contributed by atoms with E-state index in [1.807, 2.05) is 30.6 Å². The Labute approximate surface area is 240 Å². The summed E-state index contributed by atoms with van der Waals surface area (Å²) in [6.07, 6.45) is 10.1. The number of rotatable bonds is 5. The van der Waals surface area contributed by atoms with E-state index < -0.39 is 0 Å². The van der Waals surface area contributed by atoms with Gasteiger partial charge in [0.1, 0.15) is 5.82 Å². The minimum Gasteiger partial charge on any atom is -0.295 e. The first-order valence-electron chi connectivity index (χ1n) is 14.1. The van der Waals surface area contributed by atoms with Gasteiger partial charge in [-0.25, -0.2) is 4.98 Å². The zero-order valence-corrected chi connectivity index (χ0v) is 22.5. The van der Waals surface area contributed by atoms with Crippen LogP contribution in [0.1, 0.15) is 23.1 Å². The fourth-order valence-corrected chi connectivity index (χ4v) is 6.42. The molecule has 0 saturated carbocycles. The van der Waals surface area contributed by atoms with Crippen molar-refractivity contribution in [1.82, 2.24) is 9.97 Å². The Kier molecular flexibility index (Phi) is 5.60. The van der Waals surface area contributed by atoms with E-state index in [2.05, 4.69) is 113 Å². The van der Waals surface area contributed by atoms with Gasteiger partial charge in [0.05, 0.1) is 0 Å². The molecule has 6 aromatic rings. The normalized spacial score (nSPS) is 12.8. The van der Waals surface area contributed by atoms with Crippen LogP contribution in [0.25, 0.3) is 39.0 Å². The van der Waals surface area contributed by atoms with Crippen LogP contribution in [-0.4, -0.2) is 9.97 Å². The first kappa shape index (κ1) is 23.6. The third-order valence-electron chi connectivity index (χ3n) is 8.25. The molecule has 194 valence electrons. The van der Waals surface area contributed by atoms with Gasteiger partial charge in [-0.05, 0) is 111 Å². The third kappa shape index (κ3) is 3.97. The second kappa shape index (κ2) is 9.72. The molecule has 4 aromatic carbocycles. The molecule has 0 N–H and O–H groups in total. The van der Waals surface area contributed by atoms with Crippen LogP contribution in [0.4, 0.5) is 17.2 Å². The molecule has 0 unspecified atom stereocenters. The monoisotopic (exact) mass is 525 g/mol. The molecule has 2 aromatic heterocycles. The summed E-state index contributed by atoms with van der Waals surface area (Å²) in [5, 5.41) is 0. The lowest BCUT2D eigenvalue weighted by Gasteiger charge is -2.25. The van der Waals surface area contributed by atoms with E-state index in [0.717, 1.165) is 41.2 Å². The minimum absolute atomic E-state index is 0.884. The number of fused-ring (bicyclic) bond motifs is 3. The maximum absolute atomic E-state index is 4.75. The van der Waals surface area contributed by atoms with Gasteiger partial charge in [-0.1, -0.05) is 78.9 Å². The van der Waals surface area contributed by atoms with Crippen LogP contribution in [-0.2, 0) is 6.42 Å². The molecule has 0 fully saturated rings. The summed E-state index contributed by atoms with van der Waals surface area (Å²) in [5.74, 6) is 0.884. The second-order valence-corrected chi connectivity index (χ2v) is 10.6. The molecule has 0 spiro atoms. The highest BCUT2D eigenvalue weighted by Crippen LogP contribution is 2.50. The first-order chi connectivity index (χ1) is 20.3. The average Bonchev–Trinajstić information content (AvgIpc) is 3.38. The maximum atomic E-state index is 4.75. The van der Waals surface area contributed by atoms with Gasteiger partial charge in [0.15, 0.2) is 0 Å². The zero-order chi connectivity index (χ0) is 27.2. The highest BCUT2D eigenvalue weighted by molar-refractivity contribution is 6.04. The number of benzene rings is 4. The van der Waals surface area contributed by atoms with Crippen molar-refractivity contribution in [3.05, 3.63) is 157 Å². The lowest BCUT2D eigenvalue weighted by atomic mass is 9.84. The molecule has 2 heterocycles. The lowest BCUT2D eigenvalue weighted by molar-refractivity contribution is 0.984. The van der Waals surface area contributed by atoms with Crippen molar-refractivity contribution in [2.24, 2.45) is 0 Å². The summed E-state index contributed by atoms with van der Waals surface area (Å²) >= 11 is 0. The maximum Gasteiger partial charge on any atom is 0.137 e. The van der Waals surface area contributed by atoms with Gasteiger partial charge in [-0.3, -0.25) is 9.88 Å². The van der Waals surface area contributed by atoms with Gasteiger partial charge in [-0.15, -0.1) is 0 Å². The summed E-state index contributed by atoms with van der Waals surface area (Å²) in [6.45, 7) is 0. The van der Waals surface area contributed by atoms with Crippen molar-refractivity contribution in [2.75, 3.05) is 4.90 Å². The Bertz CT molecular complexity index is 1920. The molecule has 2 aliphatic rings. The summed E-state index contributed by atoms with van der Waals surface area (Å²) in [4.78, 5) is 11.3. The van der Waals surface area contributed by atoms with Gasteiger partial charge in [-0.2, -0.15) is 0 Å². The van der Waals surface area contributed by atoms with Crippen LogP contribution < -0.4 is 4.90 Å². The Morgan fingerprint density at radius 3 is 2.22 bits per heavy atom. The molecule has 0 aliphatic heterocycles. The smallest absolute Gasteiger partial charge is 0.137 e. The first-order valence-corrected chi connectivity index (χ1v) is 14.1. The SMILES string of the molecule is C1=C2c3ccccc3-c3ccc(-c4cccc(N(c5ccc(-c6cccnc6)cc5)c5ccccn5)c4)c(c32)CC1. The Hall–Kier alpha value is -5.28. The van der Waals surface area contributed by atoms with Crippen molar-refractivity contribution in [2.45, 2.75) is 12.8 Å². The number of hydrogen-bond donors (Lipinski definition) is 0. The number of hydrogen-bond acceptors (Lipinski definition) is 3. The van der Waals surface area contributed by atoms with Gasteiger partial charge < -0.3 is 0 Å². The number of anilines is 3. The molecule has 0 saturated heterocycles. The zero-order valence-electron chi connectivity index (χ0n) is 22.5. The number of aromatic nitrogens is 2. The topological polar surface area (TPSA) is 29.0 Å². The highest BCUT2D eigenvalue weighted by atomic mass is 15.2. The molecule has 0 radical (unpaired) electrons. The predicted molar refractivity (Wildman–Crippen MR) is 168 cm³/mol. The molecule has 3 heteroatoms. The molecule has 41 heavy (non-hydrogen) atoms. The lowest BCUT2D eigenvalue weighted by Crippen LogP contribution is -2.11. The summed E-state index contributed by atoms with van der Waals surface area (Å²) in [5.41, 5.74) is 15.3. The second-order valence-electron chi connectivity index (χ2n) is 10.6. The highest BCUT2D eigenvalue weighted by Gasteiger charge is 2.29. The van der Waals surface area contributed by atoms with Crippen LogP contribution in [0.15, 0.2) is 140 Å². The van der Waals surface area contributed by atoms with Crippen molar-refractivity contribution < 1.29 is 0 Å². The van der Waals surface area contributed by atoms with E-state index in [0.29, 0.717) is 0 Å². The molecule has 0 bridgehead atoms. The van der Waals surface area contributed by atoms with E-state index in [1.54, 1.807) is 6.20 Å². The van der Waals surface area contributed by atoms with Crippen molar-refractivity contribution in [1.29, 1.82) is 0 Å². The standard InChI is InChI=1S/C38H27N3/c1-2-12-33-32(11-1)35-14-6-13-34-31(20-21-36(33)38(34)35)27-8-5-10-30(24-27)41(37-15-3-4-23-40-37)29-18-16-26(17-19-29)28-9-7-22-39-25-28/h1-5,7-12,14-25H,6,13H2. The molecule has 3 nitrogen and oxygen atoms in total. The average molecular weight is 526 g/mol. The van der Waals surface area contributed by atoms with Crippen LogP contribution in [0.3, 0.4) is 0 Å². The van der Waals surface area contributed by atoms with Crippen LogP contribution >= 0.6 is 0 Å². The quantitative estimate of drug-likeness (QED) is 0.224. The van der Waals surface area contributed by atoms with Crippen molar-refractivity contribution >= 4 is 22.8 Å². The Balaban J connectivity index is 1.23. The van der Waals surface area contributed by atoms with E-state index in [9.17, 15) is 0 Å². The van der Waals surface area contributed by atoms with Crippen LogP contribution in [0.5, 0.6) is 0 Å². The van der Waals surface area contributed by atoms with E-state index >= 15 is 0 Å². The van der Waals surface area contributed by atoms with Crippen molar-refractivity contribution in [3.63, 3.8) is 0 Å². The third-order valence-corrected chi connectivity index (χ3v) is 8.25. The molecule has 0 amide bonds. The van der Waals surface area contributed by atoms with Gasteiger partial charge in [0.2, 0.25) is 0 Å². The number of nitrogens with zero attached hydrogens (tertiary/aromatic N) is 3. The van der Waals surface area contributed by atoms with Gasteiger partial charge in [0, 0.05) is 30.0 Å². The van der Waals surface area contributed by atoms with E-state index in [-0.39, 0.29) is 0 Å². The molecule has 8 rings (SSSR count). The molecule has 2 aliphatic carbocycles. The number of pyridine rings is 2. The largest absolute Gasteiger partial charge is 0.295 e. The molecular formula is C38H27N3. The van der Waals surface area contributed by atoms with E-state index in [1.165, 1.54) is 44.5 Å². The van der Waals surface area contributed by atoms with Crippen LogP contribution in [0, 0.1) is 0 Å². The summed E-state index contributed by atoms with van der Waals surface area (Å²) < 4.78 is 0. The van der Waals surface area contributed by atoms with Gasteiger partial charge in [0.25, 0.3) is 0 Å².